The van der Waals surface area contributed by atoms with Crippen LogP contribution in [0.4, 0.5) is 14.9 Å². The molecular weight excluding hydrogens is 265 g/mol. The van der Waals surface area contributed by atoms with Gasteiger partial charge in [-0.3, -0.25) is 0 Å². The molecule has 0 spiro atoms. The number of amides is 2. The molecule has 2 N–H and O–H groups in total. The molecule has 1 fully saturated rings. The number of benzene rings is 1. The lowest BCUT2D eigenvalue weighted by Crippen LogP contribution is -2.48. The van der Waals surface area contributed by atoms with Crippen LogP contribution in [0.25, 0.3) is 0 Å². The van der Waals surface area contributed by atoms with Gasteiger partial charge in [0.15, 0.2) is 0 Å². The van der Waals surface area contributed by atoms with E-state index in [1.807, 2.05) is 7.05 Å². The predicted molar refractivity (Wildman–Crippen MR) is 71.4 cm³/mol. The quantitative estimate of drug-likeness (QED) is 0.857. The molecule has 1 heterocycles. The minimum Gasteiger partial charge on any atom is -0.478 e. The minimum atomic E-state index is -1.21. The van der Waals surface area contributed by atoms with E-state index < -0.39 is 11.8 Å². The molecule has 2 amide bonds. The Morgan fingerprint density at radius 3 is 2.45 bits per heavy atom. The number of carbonyl (C=O) groups excluding carboxylic acids is 1. The average molecular weight is 281 g/mol. The van der Waals surface area contributed by atoms with Crippen LogP contribution in [-0.4, -0.2) is 60.1 Å². The van der Waals surface area contributed by atoms with Crippen LogP contribution in [0.1, 0.15) is 10.4 Å². The van der Waals surface area contributed by atoms with Crippen LogP contribution in [0, 0.1) is 5.82 Å². The highest BCUT2D eigenvalue weighted by molar-refractivity contribution is 5.91. The zero-order chi connectivity index (χ0) is 14.7. The Hall–Kier alpha value is -2.15. The summed E-state index contributed by atoms with van der Waals surface area (Å²) in [7, 11) is 1.97. The number of aromatic carboxylic acids is 1. The number of hydrogen-bond donors (Lipinski definition) is 2. The summed E-state index contributed by atoms with van der Waals surface area (Å²) in [6.45, 7) is 2.70. The number of hydrogen-bond acceptors (Lipinski definition) is 3. The number of carboxylic acid groups (broad SMARTS) is 1. The number of carboxylic acids is 1. The van der Waals surface area contributed by atoms with E-state index in [1.54, 1.807) is 4.90 Å². The molecule has 0 atom stereocenters. The molecule has 2 rings (SSSR count). The number of urea groups is 1. The van der Waals surface area contributed by atoms with Crippen molar-refractivity contribution in [3.8, 4) is 0 Å². The van der Waals surface area contributed by atoms with Gasteiger partial charge in [0, 0.05) is 26.2 Å². The van der Waals surface area contributed by atoms with E-state index in [-0.39, 0.29) is 17.3 Å². The monoisotopic (exact) mass is 281 g/mol. The molecule has 0 aromatic heterocycles. The van der Waals surface area contributed by atoms with Crippen molar-refractivity contribution in [1.82, 2.24) is 9.80 Å². The van der Waals surface area contributed by atoms with E-state index in [2.05, 4.69) is 10.2 Å². The maximum absolute atomic E-state index is 13.7. The smallest absolute Gasteiger partial charge is 0.335 e. The summed E-state index contributed by atoms with van der Waals surface area (Å²) in [5.41, 5.74) is -0.168. The zero-order valence-corrected chi connectivity index (χ0v) is 11.1. The molecule has 0 unspecified atom stereocenters. The summed E-state index contributed by atoms with van der Waals surface area (Å²) in [5, 5.41) is 11.2. The number of piperazine rings is 1. The van der Waals surface area contributed by atoms with Crippen molar-refractivity contribution >= 4 is 17.7 Å². The number of nitrogens with zero attached hydrogens (tertiary/aromatic N) is 2. The Kier molecular flexibility index (Phi) is 4.19. The Bertz CT molecular complexity index is 528. The van der Waals surface area contributed by atoms with Crippen molar-refractivity contribution in [2.75, 3.05) is 38.5 Å². The maximum atomic E-state index is 13.7. The van der Waals surface area contributed by atoms with Gasteiger partial charge in [-0.05, 0) is 25.2 Å². The van der Waals surface area contributed by atoms with E-state index in [9.17, 15) is 14.0 Å². The summed E-state index contributed by atoms with van der Waals surface area (Å²) in [5.74, 6) is -1.96. The van der Waals surface area contributed by atoms with E-state index in [4.69, 9.17) is 5.11 Å². The number of likely N-dealkylation sites (N-methyl/N-ethyl adjacent to an activating group) is 1. The molecule has 1 aliphatic heterocycles. The lowest BCUT2D eigenvalue weighted by molar-refractivity contribution is 0.0696. The summed E-state index contributed by atoms with van der Waals surface area (Å²) in [6, 6.07) is 3.03. The van der Waals surface area contributed by atoms with Crippen molar-refractivity contribution in [2.24, 2.45) is 0 Å². The summed E-state index contributed by atoms with van der Waals surface area (Å²) in [4.78, 5) is 26.4. The number of anilines is 1. The Labute approximate surface area is 115 Å². The molecule has 7 heteroatoms. The first kappa shape index (κ1) is 14.3. The van der Waals surface area contributed by atoms with Gasteiger partial charge in [0.2, 0.25) is 0 Å². The van der Waals surface area contributed by atoms with Gasteiger partial charge in [0.25, 0.3) is 0 Å². The number of halogens is 1. The van der Waals surface area contributed by atoms with E-state index in [1.165, 1.54) is 12.1 Å². The topological polar surface area (TPSA) is 72.9 Å². The number of rotatable bonds is 2. The molecular formula is C13H16FN3O3. The minimum absolute atomic E-state index is 0.0149. The second kappa shape index (κ2) is 5.87. The van der Waals surface area contributed by atoms with Crippen molar-refractivity contribution in [2.45, 2.75) is 0 Å². The second-order valence-electron chi connectivity index (χ2n) is 4.72. The third-order valence-corrected chi connectivity index (χ3v) is 3.25. The Morgan fingerprint density at radius 1 is 1.25 bits per heavy atom. The van der Waals surface area contributed by atoms with Gasteiger partial charge >= 0.3 is 12.0 Å². The highest BCUT2D eigenvalue weighted by Gasteiger charge is 2.20. The molecule has 6 nitrogen and oxygen atoms in total. The molecule has 1 saturated heterocycles. The third kappa shape index (κ3) is 3.24. The average Bonchev–Trinajstić information content (AvgIpc) is 2.41. The van der Waals surface area contributed by atoms with Gasteiger partial charge in [-0.15, -0.1) is 0 Å². The molecule has 20 heavy (non-hydrogen) atoms. The van der Waals surface area contributed by atoms with Gasteiger partial charge in [0.05, 0.1) is 11.3 Å². The second-order valence-corrected chi connectivity index (χ2v) is 4.72. The van der Waals surface area contributed by atoms with Crippen LogP contribution < -0.4 is 5.32 Å². The van der Waals surface area contributed by atoms with Gasteiger partial charge in [-0.25, -0.2) is 14.0 Å². The fraction of sp³-hybridized carbons (Fsp3) is 0.385. The number of nitrogens with one attached hydrogen (secondary N) is 1. The van der Waals surface area contributed by atoms with Crippen LogP contribution >= 0.6 is 0 Å². The normalized spacial score (nSPS) is 16.0. The van der Waals surface area contributed by atoms with Crippen molar-refractivity contribution in [1.29, 1.82) is 0 Å². The predicted octanol–water partition coefficient (Wildman–Crippen LogP) is 1.30. The lowest BCUT2D eigenvalue weighted by Gasteiger charge is -2.32. The highest BCUT2D eigenvalue weighted by atomic mass is 19.1. The zero-order valence-electron chi connectivity index (χ0n) is 11.1. The van der Waals surface area contributed by atoms with Gasteiger partial charge in [-0.2, -0.15) is 0 Å². The van der Waals surface area contributed by atoms with Crippen LogP contribution in [0.5, 0.6) is 0 Å². The van der Waals surface area contributed by atoms with E-state index >= 15 is 0 Å². The maximum Gasteiger partial charge on any atom is 0.335 e. The molecule has 0 aliphatic carbocycles. The Morgan fingerprint density at radius 2 is 1.90 bits per heavy atom. The summed E-state index contributed by atoms with van der Waals surface area (Å²) < 4.78 is 13.7. The SMILES string of the molecule is CN1CCN(C(=O)Nc2ccc(C(=O)O)cc2F)CC1. The van der Waals surface area contributed by atoms with Crippen LogP contribution in [-0.2, 0) is 0 Å². The third-order valence-electron chi connectivity index (χ3n) is 3.25. The Balaban J connectivity index is 2.02. The van der Waals surface area contributed by atoms with E-state index in [0.29, 0.717) is 13.1 Å². The highest BCUT2D eigenvalue weighted by Crippen LogP contribution is 2.16. The summed E-state index contributed by atoms with van der Waals surface area (Å²) >= 11 is 0. The lowest BCUT2D eigenvalue weighted by atomic mass is 10.2. The van der Waals surface area contributed by atoms with Gasteiger partial charge < -0.3 is 20.2 Å². The van der Waals surface area contributed by atoms with Gasteiger partial charge in [0.1, 0.15) is 5.82 Å². The summed E-state index contributed by atoms with van der Waals surface area (Å²) in [6.07, 6.45) is 0. The van der Waals surface area contributed by atoms with Crippen LogP contribution in [0.2, 0.25) is 0 Å². The van der Waals surface area contributed by atoms with Crippen molar-refractivity contribution < 1.29 is 19.1 Å². The first-order valence-corrected chi connectivity index (χ1v) is 6.24. The fourth-order valence-corrected chi connectivity index (χ4v) is 1.95. The standard InChI is InChI=1S/C13H16FN3O3/c1-16-4-6-17(7-5-16)13(20)15-11-3-2-9(12(18)19)8-10(11)14/h2-3,8H,4-7H2,1H3,(H,15,20)(H,18,19). The van der Waals surface area contributed by atoms with Crippen molar-refractivity contribution in [3.05, 3.63) is 29.6 Å². The fourth-order valence-electron chi connectivity index (χ4n) is 1.95. The molecule has 0 saturated carbocycles. The molecule has 1 aromatic rings. The number of carbonyl (C=O) groups is 2. The van der Waals surface area contributed by atoms with E-state index in [0.717, 1.165) is 19.2 Å². The largest absolute Gasteiger partial charge is 0.478 e. The first-order chi connectivity index (χ1) is 9.47. The van der Waals surface area contributed by atoms with Crippen LogP contribution in [0.3, 0.4) is 0 Å². The molecule has 1 aromatic carbocycles. The molecule has 0 radical (unpaired) electrons. The molecule has 0 bridgehead atoms. The first-order valence-electron chi connectivity index (χ1n) is 6.24. The molecule has 1 aliphatic rings. The molecule has 108 valence electrons. The van der Waals surface area contributed by atoms with Gasteiger partial charge in [-0.1, -0.05) is 0 Å². The van der Waals surface area contributed by atoms with Crippen molar-refractivity contribution in [3.63, 3.8) is 0 Å². The van der Waals surface area contributed by atoms with Crippen LogP contribution in [0.15, 0.2) is 18.2 Å².